The Balaban J connectivity index is 2.44. The monoisotopic (exact) mass is 160 g/mol. The van der Waals surface area contributed by atoms with E-state index in [2.05, 4.69) is 16.0 Å². The van der Waals surface area contributed by atoms with Gasteiger partial charge in [0.25, 0.3) is 5.82 Å². The average molecular weight is 160 g/mol. The molecule has 0 radical (unpaired) electrons. The van der Waals surface area contributed by atoms with Gasteiger partial charge in [0.1, 0.15) is 12.4 Å². The highest BCUT2D eigenvalue weighted by molar-refractivity contribution is 5.05. The third-order valence-electron chi connectivity index (χ3n) is 1.34. The molecule has 0 aliphatic heterocycles. The van der Waals surface area contributed by atoms with E-state index in [4.69, 9.17) is 11.7 Å². The van der Waals surface area contributed by atoms with Crippen LogP contribution in [-0.4, -0.2) is 14.8 Å². The second-order valence-corrected chi connectivity index (χ2v) is 2.25. The number of hydrogen-bond donors (Lipinski definition) is 0. The van der Waals surface area contributed by atoms with E-state index in [-0.39, 0.29) is 5.82 Å². The quantitative estimate of drug-likeness (QED) is 0.479. The molecule has 0 atom stereocenters. The fourth-order valence-electron chi connectivity index (χ4n) is 0.797. The van der Waals surface area contributed by atoms with E-state index in [9.17, 15) is 0 Å². The first-order valence-corrected chi connectivity index (χ1v) is 3.60. The van der Waals surface area contributed by atoms with Crippen LogP contribution in [0.5, 0.6) is 0 Å². The zero-order valence-electron chi connectivity index (χ0n) is 6.56. The first-order valence-electron chi connectivity index (χ1n) is 3.60. The van der Waals surface area contributed by atoms with Crippen LogP contribution in [0, 0.1) is 23.7 Å². The Morgan fingerprint density at radius 1 is 1.67 bits per heavy atom. The van der Waals surface area contributed by atoms with Gasteiger partial charge in [0, 0.05) is 13.0 Å². The van der Waals surface area contributed by atoms with Crippen molar-refractivity contribution < 1.29 is 0 Å². The standard InChI is InChI=1S/C8H8N4/c1-2-3-4-5-12-7-10-8(6-9)11-12/h1,7H,3-5H2. The second-order valence-electron chi connectivity index (χ2n) is 2.25. The lowest BCUT2D eigenvalue weighted by Crippen LogP contribution is -1.98. The SMILES string of the molecule is C#CCCCn1cnc(C#N)n1. The lowest BCUT2D eigenvalue weighted by Gasteiger charge is -1.94. The second kappa shape index (κ2) is 4.15. The zero-order chi connectivity index (χ0) is 8.81. The van der Waals surface area contributed by atoms with Crippen LogP contribution in [0.1, 0.15) is 18.7 Å². The van der Waals surface area contributed by atoms with E-state index < -0.39 is 0 Å². The van der Waals surface area contributed by atoms with E-state index in [1.54, 1.807) is 4.68 Å². The van der Waals surface area contributed by atoms with Gasteiger partial charge in [0.2, 0.25) is 0 Å². The molecular formula is C8H8N4. The summed E-state index contributed by atoms with van der Waals surface area (Å²) in [5, 5.41) is 12.3. The minimum atomic E-state index is 0.204. The van der Waals surface area contributed by atoms with Gasteiger partial charge in [-0.05, 0) is 6.42 Å². The summed E-state index contributed by atoms with van der Waals surface area (Å²) >= 11 is 0. The maximum Gasteiger partial charge on any atom is 0.252 e. The van der Waals surface area contributed by atoms with Crippen molar-refractivity contribution in [3.05, 3.63) is 12.2 Å². The molecular weight excluding hydrogens is 152 g/mol. The fourth-order valence-corrected chi connectivity index (χ4v) is 0.797. The number of aryl methyl sites for hydroxylation is 1. The Hall–Kier alpha value is -1.81. The van der Waals surface area contributed by atoms with Gasteiger partial charge in [-0.1, -0.05) is 0 Å². The Kier molecular flexibility index (Phi) is 2.87. The molecule has 1 rings (SSSR count). The molecule has 4 heteroatoms. The van der Waals surface area contributed by atoms with Crippen molar-refractivity contribution in [2.75, 3.05) is 0 Å². The number of terminal acetylenes is 1. The summed E-state index contributed by atoms with van der Waals surface area (Å²) in [7, 11) is 0. The molecule has 1 heterocycles. The van der Waals surface area contributed by atoms with E-state index in [1.165, 1.54) is 6.33 Å². The number of rotatable bonds is 3. The number of aromatic nitrogens is 3. The first kappa shape index (κ1) is 8.29. The van der Waals surface area contributed by atoms with Gasteiger partial charge in [0.15, 0.2) is 0 Å². The molecule has 0 saturated carbocycles. The van der Waals surface area contributed by atoms with Crippen LogP contribution in [-0.2, 0) is 6.54 Å². The summed E-state index contributed by atoms with van der Waals surface area (Å²) < 4.78 is 1.62. The predicted molar refractivity (Wildman–Crippen MR) is 42.8 cm³/mol. The summed E-state index contributed by atoms with van der Waals surface area (Å²) in [6.45, 7) is 0.721. The van der Waals surface area contributed by atoms with E-state index in [0.29, 0.717) is 0 Å². The van der Waals surface area contributed by atoms with Crippen LogP contribution in [0.4, 0.5) is 0 Å². The molecule has 0 N–H and O–H groups in total. The zero-order valence-corrected chi connectivity index (χ0v) is 6.56. The summed E-state index contributed by atoms with van der Waals surface area (Å²) in [6.07, 6.45) is 8.20. The van der Waals surface area contributed by atoms with Crippen LogP contribution >= 0.6 is 0 Å². The average Bonchev–Trinajstić information content (AvgIpc) is 2.53. The van der Waals surface area contributed by atoms with Crippen LogP contribution in [0.15, 0.2) is 6.33 Å². The van der Waals surface area contributed by atoms with E-state index >= 15 is 0 Å². The van der Waals surface area contributed by atoms with Crippen molar-refractivity contribution in [2.45, 2.75) is 19.4 Å². The van der Waals surface area contributed by atoms with Crippen molar-refractivity contribution in [3.8, 4) is 18.4 Å². The molecule has 0 aliphatic carbocycles. The third-order valence-corrected chi connectivity index (χ3v) is 1.34. The Morgan fingerprint density at radius 3 is 3.08 bits per heavy atom. The first-order chi connectivity index (χ1) is 5.86. The van der Waals surface area contributed by atoms with Gasteiger partial charge >= 0.3 is 0 Å². The van der Waals surface area contributed by atoms with Crippen molar-refractivity contribution in [2.24, 2.45) is 0 Å². The van der Waals surface area contributed by atoms with Gasteiger partial charge in [-0.3, -0.25) is 4.68 Å². The van der Waals surface area contributed by atoms with Crippen molar-refractivity contribution in [1.82, 2.24) is 14.8 Å². The normalized spacial score (nSPS) is 8.83. The van der Waals surface area contributed by atoms with Crippen molar-refractivity contribution in [1.29, 1.82) is 5.26 Å². The molecule has 0 spiro atoms. The summed E-state index contributed by atoms with van der Waals surface area (Å²) in [5.74, 6) is 2.74. The lowest BCUT2D eigenvalue weighted by molar-refractivity contribution is 0.584. The van der Waals surface area contributed by atoms with Gasteiger partial charge in [-0.25, -0.2) is 4.98 Å². The van der Waals surface area contributed by atoms with Crippen LogP contribution in [0.25, 0.3) is 0 Å². The molecule has 0 fully saturated rings. The van der Waals surface area contributed by atoms with Crippen molar-refractivity contribution >= 4 is 0 Å². The van der Waals surface area contributed by atoms with Gasteiger partial charge in [0.05, 0.1) is 0 Å². The molecule has 0 amide bonds. The molecule has 4 nitrogen and oxygen atoms in total. The molecule has 12 heavy (non-hydrogen) atoms. The molecule has 0 unspecified atom stereocenters. The molecule has 60 valence electrons. The predicted octanol–water partition coefficient (Wildman–Crippen LogP) is 0.563. The maximum atomic E-state index is 8.40. The number of unbranched alkanes of at least 4 members (excludes halogenated alkanes) is 1. The topological polar surface area (TPSA) is 54.5 Å². The van der Waals surface area contributed by atoms with E-state index in [1.807, 2.05) is 6.07 Å². The smallest absolute Gasteiger partial charge is 0.252 e. The van der Waals surface area contributed by atoms with Crippen LogP contribution in [0.3, 0.4) is 0 Å². The molecule has 0 saturated heterocycles. The minimum absolute atomic E-state index is 0.204. The van der Waals surface area contributed by atoms with Crippen molar-refractivity contribution in [3.63, 3.8) is 0 Å². The minimum Gasteiger partial charge on any atom is -0.252 e. The van der Waals surface area contributed by atoms with E-state index in [0.717, 1.165) is 19.4 Å². The number of nitrogens with zero attached hydrogens (tertiary/aromatic N) is 4. The molecule has 0 aromatic carbocycles. The summed E-state index contributed by atoms with van der Waals surface area (Å²) in [4.78, 5) is 3.75. The van der Waals surface area contributed by atoms with Crippen LogP contribution in [0.2, 0.25) is 0 Å². The van der Waals surface area contributed by atoms with Gasteiger partial charge in [-0.15, -0.1) is 17.4 Å². The number of hydrogen-bond acceptors (Lipinski definition) is 3. The molecule has 1 aromatic heterocycles. The summed E-state index contributed by atoms with van der Waals surface area (Å²) in [5.41, 5.74) is 0. The number of nitriles is 1. The van der Waals surface area contributed by atoms with Gasteiger partial charge in [-0.2, -0.15) is 5.26 Å². The molecule has 1 aromatic rings. The largest absolute Gasteiger partial charge is 0.252 e. The highest BCUT2D eigenvalue weighted by Crippen LogP contribution is 1.93. The highest BCUT2D eigenvalue weighted by Gasteiger charge is 1.96. The Bertz CT molecular complexity index is 326. The Morgan fingerprint density at radius 2 is 2.50 bits per heavy atom. The highest BCUT2D eigenvalue weighted by atomic mass is 15.3. The fraction of sp³-hybridized carbons (Fsp3) is 0.375. The summed E-state index contributed by atoms with van der Waals surface area (Å²) in [6, 6.07) is 1.85. The maximum absolute atomic E-state index is 8.40. The Labute approximate surface area is 70.8 Å². The molecule has 0 bridgehead atoms. The van der Waals surface area contributed by atoms with Gasteiger partial charge < -0.3 is 0 Å². The lowest BCUT2D eigenvalue weighted by atomic mass is 10.3. The van der Waals surface area contributed by atoms with Crippen LogP contribution < -0.4 is 0 Å². The third kappa shape index (κ3) is 2.10. The molecule has 0 aliphatic rings.